The van der Waals surface area contributed by atoms with Gasteiger partial charge >= 0.3 is 0 Å². The molecule has 8 rings (SSSR count). The van der Waals surface area contributed by atoms with Gasteiger partial charge in [-0.05, 0) is 50.0 Å². The van der Waals surface area contributed by atoms with E-state index in [2.05, 4.69) is 49.0 Å². The lowest BCUT2D eigenvalue weighted by atomic mass is 10.0. The number of anilines is 2. The average molecular weight is 865 g/mol. The maximum atomic E-state index is 11.7. The molecule has 6 aromatic rings. The molecule has 2 saturated heterocycles. The number of hydrogen-bond acceptors (Lipinski definition) is 13. The Morgan fingerprint density at radius 2 is 1.13 bits per heavy atom. The Hall–Kier alpha value is -7.99. The summed E-state index contributed by atoms with van der Waals surface area (Å²) < 4.78 is 20.3. The van der Waals surface area contributed by atoms with E-state index in [-0.39, 0.29) is 11.8 Å². The van der Waals surface area contributed by atoms with Crippen LogP contribution in [-0.4, -0.2) is 123 Å². The molecule has 18 heteroatoms. The lowest BCUT2D eigenvalue weighted by molar-refractivity contribution is -0.126. The quantitative estimate of drug-likeness (QED) is 0.185. The SMILES string of the molecule is C#CC(=O)N1CCN(c2ncc(-c3cc(OCC)cn4ncc(C#N)c34)cc2Cl)CC1.C#CC(=O)N1CCN(c2ncc(-c3cc(OCC)cn4ncc(C#N)c34)cc2OC)CC1. The highest BCUT2D eigenvalue weighted by Gasteiger charge is 2.25. The summed E-state index contributed by atoms with van der Waals surface area (Å²) in [6.07, 6.45) is 20.4. The molecule has 0 aromatic carbocycles. The van der Waals surface area contributed by atoms with Gasteiger partial charge < -0.3 is 33.8 Å². The van der Waals surface area contributed by atoms with Gasteiger partial charge in [-0.3, -0.25) is 9.59 Å². The van der Waals surface area contributed by atoms with Crippen molar-refractivity contribution in [1.29, 1.82) is 10.5 Å². The maximum absolute atomic E-state index is 11.7. The predicted octanol–water partition coefficient (Wildman–Crippen LogP) is 4.56. The largest absolute Gasteiger partial charge is 0.493 e. The lowest BCUT2D eigenvalue weighted by Gasteiger charge is -2.35. The molecule has 2 aliphatic heterocycles. The van der Waals surface area contributed by atoms with Gasteiger partial charge in [0.15, 0.2) is 11.6 Å². The van der Waals surface area contributed by atoms with Gasteiger partial charge in [-0.15, -0.1) is 12.8 Å². The monoisotopic (exact) mass is 864 g/mol. The Labute approximate surface area is 368 Å². The third-order valence-electron chi connectivity index (χ3n) is 10.5. The van der Waals surface area contributed by atoms with E-state index in [1.807, 2.05) is 43.0 Å². The molecule has 0 spiro atoms. The van der Waals surface area contributed by atoms with Crippen LogP contribution in [-0.2, 0) is 9.59 Å². The minimum atomic E-state index is -0.304. The second-order valence-corrected chi connectivity index (χ2v) is 14.5. The van der Waals surface area contributed by atoms with E-state index in [9.17, 15) is 20.1 Å². The van der Waals surface area contributed by atoms with Gasteiger partial charge in [-0.25, -0.2) is 19.0 Å². The number of fused-ring (bicyclic) bond motifs is 2. The van der Waals surface area contributed by atoms with Crippen molar-refractivity contribution in [2.45, 2.75) is 13.8 Å². The highest BCUT2D eigenvalue weighted by atomic mass is 35.5. The maximum Gasteiger partial charge on any atom is 0.298 e. The molecule has 8 heterocycles. The van der Waals surface area contributed by atoms with E-state index >= 15 is 0 Å². The van der Waals surface area contributed by atoms with E-state index in [0.717, 1.165) is 22.3 Å². The third-order valence-corrected chi connectivity index (χ3v) is 10.8. The molecule has 0 saturated carbocycles. The highest BCUT2D eigenvalue weighted by Crippen LogP contribution is 2.37. The molecule has 0 bridgehead atoms. The summed E-state index contributed by atoms with van der Waals surface area (Å²) in [6.45, 7) is 9.26. The van der Waals surface area contributed by atoms with Crippen LogP contribution in [0, 0.1) is 47.3 Å². The van der Waals surface area contributed by atoms with Crippen molar-refractivity contribution in [1.82, 2.24) is 39.0 Å². The Bertz CT molecular complexity index is 2870. The number of rotatable bonds is 9. The zero-order chi connectivity index (χ0) is 44.6. The first-order valence-electron chi connectivity index (χ1n) is 19.9. The number of methoxy groups -OCH3 is 1. The first kappa shape index (κ1) is 43.1. The van der Waals surface area contributed by atoms with Gasteiger partial charge in [0.25, 0.3) is 11.8 Å². The fourth-order valence-corrected chi connectivity index (χ4v) is 7.78. The zero-order valence-corrected chi connectivity index (χ0v) is 35.5. The Morgan fingerprint density at radius 1 is 0.683 bits per heavy atom. The fourth-order valence-electron chi connectivity index (χ4n) is 7.50. The summed E-state index contributed by atoms with van der Waals surface area (Å²) in [7, 11) is 1.59. The molecule has 0 unspecified atom stereocenters. The molecule has 318 valence electrons. The van der Waals surface area contributed by atoms with Crippen LogP contribution in [0.2, 0.25) is 5.02 Å². The van der Waals surface area contributed by atoms with Crippen LogP contribution in [0.15, 0.2) is 61.4 Å². The van der Waals surface area contributed by atoms with Crippen molar-refractivity contribution in [3.05, 3.63) is 77.6 Å². The number of carbonyl (C=O) groups is 2. The molecule has 6 aromatic heterocycles. The standard InChI is InChI=1S/C23H22N6O3.C22H19ClN6O2/c1-4-21(30)27-6-8-28(9-7-27)23-20(31-3)10-16(13-25-23)19-11-18(32-5-2)15-29-22(19)17(12-24)14-26-29;1-3-20(30)27-5-7-28(8-6-27)22-19(23)9-15(12-25-22)18-10-17(31-4-2)14-29-21(18)16(11-24)13-26-29/h1,10-11,13-15H,5-9H2,2-3H3;1,9-10,12-14H,4-8H2,2H3. The van der Waals surface area contributed by atoms with Crippen LogP contribution in [0.4, 0.5) is 11.6 Å². The Balaban J connectivity index is 0.000000189. The Kier molecular flexibility index (Phi) is 13.1. The summed E-state index contributed by atoms with van der Waals surface area (Å²) in [5.41, 5.74) is 5.30. The summed E-state index contributed by atoms with van der Waals surface area (Å²) in [6, 6.07) is 11.8. The smallest absolute Gasteiger partial charge is 0.298 e. The number of aromatic nitrogens is 6. The van der Waals surface area contributed by atoms with Crippen LogP contribution in [0.3, 0.4) is 0 Å². The minimum absolute atomic E-state index is 0.299. The first-order chi connectivity index (χ1) is 30.6. The molecule has 63 heavy (non-hydrogen) atoms. The molecular weight excluding hydrogens is 824 g/mol. The molecule has 17 nitrogen and oxygen atoms in total. The number of amides is 2. The number of halogens is 1. The number of hydrogen-bond donors (Lipinski definition) is 0. The second-order valence-electron chi connectivity index (χ2n) is 14.1. The second kappa shape index (κ2) is 19.2. The van der Waals surface area contributed by atoms with Crippen molar-refractivity contribution >= 4 is 46.1 Å². The Morgan fingerprint density at radius 3 is 1.54 bits per heavy atom. The number of piperazine rings is 2. The summed E-state index contributed by atoms with van der Waals surface area (Å²) in [4.78, 5) is 40.0. The van der Waals surface area contributed by atoms with E-state index in [1.165, 1.54) is 12.4 Å². The van der Waals surface area contributed by atoms with Crippen LogP contribution in [0.1, 0.15) is 25.0 Å². The number of nitrogens with zero attached hydrogens (tertiary/aromatic N) is 12. The van der Waals surface area contributed by atoms with Gasteiger partial charge in [0.05, 0.1) is 72.3 Å². The first-order valence-corrected chi connectivity index (χ1v) is 20.3. The average Bonchev–Trinajstić information content (AvgIpc) is 3.95. The van der Waals surface area contributed by atoms with E-state index in [1.54, 1.807) is 50.7 Å². The van der Waals surface area contributed by atoms with Crippen molar-refractivity contribution in [3.63, 3.8) is 0 Å². The van der Waals surface area contributed by atoms with Gasteiger partial charge in [-0.2, -0.15) is 20.7 Å². The molecule has 2 amide bonds. The van der Waals surface area contributed by atoms with E-state index in [4.69, 9.17) is 38.7 Å². The van der Waals surface area contributed by atoms with Crippen LogP contribution in [0.5, 0.6) is 17.2 Å². The number of ether oxygens (including phenoxy) is 3. The number of terminal acetylenes is 2. The molecular formula is C45H41ClN12O5. The van der Waals surface area contributed by atoms with Crippen LogP contribution < -0.4 is 24.0 Å². The van der Waals surface area contributed by atoms with Crippen LogP contribution >= 0.6 is 11.6 Å². The molecule has 2 aliphatic rings. The molecule has 0 aliphatic carbocycles. The van der Waals surface area contributed by atoms with Crippen molar-refractivity contribution in [2.75, 3.05) is 82.5 Å². The third kappa shape index (κ3) is 8.92. The normalized spacial score (nSPS) is 13.6. The minimum Gasteiger partial charge on any atom is -0.493 e. The topological polar surface area (TPSA) is 183 Å². The fraction of sp³-hybridized carbons (Fsp3) is 0.289. The molecule has 0 atom stereocenters. The van der Waals surface area contributed by atoms with Gasteiger partial charge in [0, 0.05) is 87.0 Å². The van der Waals surface area contributed by atoms with Gasteiger partial charge in [0.1, 0.15) is 29.5 Å². The summed E-state index contributed by atoms with van der Waals surface area (Å²) >= 11 is 6.60. The van der Waals surface area contributed by atoms with Gasteiger partial charge in [-0.1, -0.05) is 11.6 Å². The van der Waals surface area contributed by atoms with Gasteiger partial charge in [0.2, 0.25) is 0 Å². The summed E-state index contributed by atoms with van der Waals surface area (Å²) in [5, 5.41) is 28.1. The van der Waals surface area contributed by atoms with Crippen molar-refractivity contribution < 1.29 is 23.8 Å². The van der Waals surface area contributed by atoms with Crippen LogP contribution in [0.25, 0.3) is 33.3 Å². The van der Waals surface area contributed by atoms with Crippen molar-refractivity contribution in [2.24, 2.45) is 0 Å². The number of carbonyl (C=O) groups excluding carboxylic acids is 2. The predicted molar refractivity (Wildman–Crippen MR) is 235 cm³/mol. The highest BCUT2D eigenvalue weighted by molar-refractivity contribution is 6.33. The van der Waals surface area contributed by atoms with E-state index < -0.39 is 0 Å². The lowest BCUT2D eigenvalue weighted by Crippen LogP contribution is -2.48. The molecule has 0 radical (unpaired) electrons. The van der Waals surface area contributed by atoms with Crippen molar-refractivity contribution in [3.8, 4) is 76.3 Å². The zero-order valence-electron chi connectivity index (χ0n) is 34.8. The number of nitriles is 2. The molecule has 0 N–H and O–H groups in total. The number of pyridine rings is 4. The molecule has 2 fully saturated rings. The summed E-state index contributed by atoms with van der Waals surface area (Å²) in [5.74, 6) is 6.90. The van der Waals surface area contributed by atoms with E-state index in [0.29, 0.717) is 122 Å².